The summed E-state index contributed by atoms with van der Waals surface area (Å²) < 4.78 is 13.1. The Kier molecular flexibility index (Phi) is 9.85. The van der Waals surface area contributed by atoms with Crippen LogP contribution in [0.15, 0.2) is 85.0 Å². The van der Waals surface area contributed by atoms with Gasteiger partial charge in [-0.2, -0.15) is 0 Å². The molecule has 2 aromatic rings. The lowest BCUT2D eigenvalue weighted by Gasteiger charge is -2.39. The van der Waals surface area contributed by atoms with Gasteiger partial charge in [0.1, 0.15) is 23.7 Å². The summed E-state index contributed by atoms with van der Waals surface area (Å²) in [6.45, 7) is 6.06. The second-order valence-electron chi connectivity index (χ2n) is 13.8. The second kappa shape index (κ2) is 14.1. The van der Waals surface area contributed by atoms with Crippen LogP contribution in [0.2, 0.25) is 0 Å². The van der Waals surface area contributed by atoms with E-state index in [0.717, 1.165) is 5.56 Å². The fraction of sp³-hybridized carbons (Fsp3) is 0.474. The van der Waals surface area contributed by atoms with Gasteiger partial charge in [0.15, 0.2) is 0 Å². The van der Waals surface area contributed by atoms with Gasteiger partial charge in [-0.1, -0.05) is 98.8 Å². The lowest BCUT2D eigenvalue weighted by atomic mass is 9.77. The van der Waals surface area contributed by atoms with Crippen molar-refractivity contribution in [3.8, 4) is 0 Å². The maximum atomic E-state index is 14.8. The molecule has 6 rings (SSSR count). The molecule has 1 spiro atoms. The minimum absolute atomic E-state index is 0.120. The molecule has 4 aliphatic rings. The van der Waals surface area contributed by atoms with Gasteiger partial charge in [0.2, 0.25) is 17.7 Å². The number of hydrogen-bond donors (Lipinski definition) is 2. The molecule has 2 N–H and O–H groups in total. The molecule has 0 unspecified atom stereocenters. The normalized spacial score (nSPS) is 31.9. The average Bonchev–Trinajstić information content (AvgIpc) is 3.47. The van der Waals surface area contributed by atoms with Crippen molar-refractivity contribution in [2.45, 2.75) is 82.5 Å². The predicted octanol–water partition coefficient (Wildman–Crippen LogP) is 3.71. The highest BCUT2D eigenvalue weighted by atomic mass is 16.6. The average molecular weight is 656 g/mol. The lowest BCUT2D eigenvalue weighted by Crippen LogP contribution is -2.58. The van der Waals surface area contributed by atoms with Crippen LogP contribution in [0.25, 0.3) is 0 Å². The molecule has 10 heteroatoms. The zero-order chi connectivity index (χ0) is 34.0. The van der Waals surface area contributed by atoms with Crippen LogP contribution in [0.1, 0.15) is 57.3 Å². The molecule has 0 aliphatic carbocycles. The molecule has 4 aliphatic heterocycles. The van der Waals surface area contributed by atoms with E-state index in [1.807, 2.05) is 80.6 Å². The summed E-state index contributed by atoms with van der Waals surface area (Å²) >= 11 is 0. The highest BCUT2D eigenvalue weighted by Crippen LogP contribution is 2.54. The number of allylic oxidation sites excluding steroid dienone is 1. The number of rotatable bonds is 7. The second-order valence-corrected chi connectivity index (χ2v) is 13.8. The van der Waals surface area contributed by atoms with Crippen molar-refractivity contribution in [3.05, 3.63) is 96.1 Å². The number of aliphatic hydroxyl groups is 1. The molecular weight excluding hydrogens is 610 g/mol. The molecule has 0 radical (unpaired) electrons. The third-order valence-corrected chi connectivity index (χ3v) is 9.93. The summed E-state index contributed by atoms with van der Waals surface area (Å²) in [5, 5.41) is 13.6. The molecule has 2 aromatic carbocycles. The van der Waals surface area contributed by atoms with Gasteiger partial charge in [0, 0.05) is 19.5 Å². The fourth-order valence-electron chi connectivity index (χ4n) is 7.85. The number of nitrogens with zero attached hydrogens (tertiary/aromatic N) is 2. The highest BCUT2D eigenvalue weighted by molar-refractivity contribution is 5.99. The van der Waals surface area contributed by atoms with Crippen LogP contribution in [0.4, 0.5) is 0 Å². The molecule has 2 fully saturated rings. The van der Waals surface area contributed by atoms with Crippen LogP contribution >= 0.6 is 0 Å². The number of esters is 1. The van der Waals surface area contributed by atoms with Gasteiger partial charge in [-0.05, 0) is 36.8 Å². The Bertz CT molecular complexity index is 1560. The van der Waals surface area contributed by atoms with E-state index in [1.54, 1.807) is 30.1 Å². The molecule has 0 aromatic heterocycles. The fourth-order valence-corrected chi connectivity index (χ4v) is 7.85. The maximum absolute atomic E-state index is 14.8. The van der Waals surface area contributed by atoms with Crippen LogP contribution < -0.4 is 5.32 Å². The smallest absolute Gasteiger partial charge is 0.313 e. The number of likely N-dealkylation sites (tertiary alicyclic amines) is 1. The van der Waals surface area contributed by atoms with Crippen molar-refractivity contribution >= 4 is 23.7 Å². The van der Waals surface area contributed by atoms with E-state index in [2.05, 4.69) is 5.32 Å². The maximum Gasteiger partial charge on any atom is 0.313 e. The van der Waals surface area contributed by atoms with Crippen LogP contribution in [0, 0.1) is 17.8 Å². The first-order chi connectivity index (χ1) is 23.1. The molecular formula is C38H45N3O7. The Morgan fingerprint density at radius 1 is 0.979 bits per heavy atom. The van der Waals surface area contributed by atoms with Crippen LogP contribution in [0.5, 0.6) is 0 Å². The van der Waals surface area contributed by atoms with E-state index in [-0.39, 0.29) is 37.3 Å². The van der Waals surface area contributed by atoms with Gasteiger partial charge >= 0.3 is 5.97 Å². The van der Waals surface area contributed by atoms with E-state index in [4.69, 9.17) is 9.47 Å². The SMILES string of the molecule is CC(C)C[C@H](CO)N1C(=O)[C@H]2[C@@H]3C(=O)O[C@@H](c4ccccc4)[C@H](C)NC(=O)CC/C=C\[C@@H]3O[C@]23C=CCN(Cc2ccccc2)C(=O)[C@H]13. The van der Waals surface area contributed by atoms with E-state index in [1.165, 1.54) is 4.90 Å². The summed E-state index contributed by atoms with van der Waals surface area (Å²) in [4.78, 5) is 60.0. The predicted molar refractivity (Wildman–Crippen MR) is 178 cm³/mol. The number of amides is 3. The van der Waals surface area contributed by atoms with E-state index < -0.39 is 59.6 Å². The minimum atomic E-state index is -1.48. The first kappa shape index (κ1) is 33.6. The summed E-state index contributed by atoms with van der Waals surface area (Å²) in [5.74, 6) is -3.57. The number of ether oxygens (including phenoxy) is 2. The third kappa shape index (κ3) is 6.31. The molecule has 3 amide bonds. The standard InChI is InChI=1S/C38H45N3O7/c1-24(2)21-28(23-42)41-34-36(45)40(22-26-13-6-4-7-14-26)20-12-19-38(34)32(35(41)44)31-29(48-38)17-10-11-18-30(43)39-25(3)33(47-37(31)46)27-15-8-5-9-16-27/h4-10,12-17,19,24-25,28-29,31-34,42H,11,18,20-23H2,1-3H3,(H,39,43)/b17-10-/t25-,28+,29-,31+,32+,33+,34-,38+/m0/s1. The molecule has 0 saturated carbocycles. The minimum Gasteiger partial charge on any atom is -0.455 e. The van der Waals surface area contributed by atoms with Crippen molar-refractivity contribution in [1.29, 1.82) is 0 Å². The van der Waals surface area contributed by atoms with Crippen molar-refractivity contribution in [2.75, 3.05) is 13.2 Å². The number of benzene rings is 2. The summed E-state index contributed by atoms with van der Waals surface area (Å²) in [6.07, 6.45) is 6.53. The molecule has 48 heavy (non-hydrogen) atoms. The van der Waals surface area contributed by atoms with E-state index in [0.29, 0.717) is 24.9 Å². The first-order valence-electron chi connectivity index (χ1n) is 17.0. The summed E-state index contributed by atoms with van der Waals surface area (Å²) in [6, 6.07) is 16.5. The Morgan fingerprint density at radius 2 is 1.69 bits per heavy atom. The summed E-state index contributed by atoms with van der Waals surface area (Å²) in [5.41, 5.74) is 0.157. The zero-order valence-electron chi connectivity index (χ0n) is 27.7. The monoisotopic (exact) mass is 655 g/mol. The third-order valence-electron chi connectivity index (χ3n) is 9.93. The van der Waals surface area contributed by atoms with Crippen LogP contribution in [0.3, 0.4) is 0 Å². The van der Waals surface area contributed by atoms with Crippen molar-refractivity contribution in [3.63, 3.8) is 0 Å². The highest BCUT2D eigenvalue weighted by Gasteiger charge is 2.72. The number of nitrogens with one attached hydrogen (secondary N) is 1. The van der Waals surface area contributed by atoms with Gasteiger partial charge in [-0.15, -0.1) is 0 Å². The molecule has 254 valence electrons. The zero-order valence-corrected chi connectivity index (χ0v) is 27.7. The largest absolute Gasteiger partial charge is 0.455 e. The molecule has 8 atom stereocenters. The number of carbonyl (C=O) groups excluding carboxylic acids is 4. The van der Waals surface area contributed by atoms with Gasteiger partial charge in [0.25, 0.3) is 0 Å². The van der Waals surface area contributed by atoms with Crippen LogP contribution in [-0.2, 0) is 35.2 Å². The Morgan fingerprint density at radius 3 is 2.38 bits per heavy atom. The number of hydrogen-bond acceptors (Lipinski definition) is 7. The van der Waals surface area contributed by atoms with Gasteiger partial charge in [0.05, 0.1) is 30.7 Å². The van der Waals surface area contributed by atoms with E-state index in [9.17, 15) is 24.3 Å². The molecule has 2 saturated heterocycles. The van der Waals surface area contributed by atoms with Gasteiger partial charge in [-0.25, -0.2) is 0 Å². The molecule has 4 heterocycles. The van der Waals surface area contributed by atoms with Gasteiger partial charge < -0.3 is 29.7 Å². The van der Waals surface area contributed by atoms with Crippen LogP contribution in [-0.4, -0.2) is 81.6 Å². The number of cyclic esters (lactones) is 1. The summed E-state index contributed by atoms with van der Waals surface area (Å²) in [7, 11) is 0. The molecule has 0 bridgehead atoms. The van der Waals surface area contributed by atoms with E-state index >= 15 is 0 Å². The Hall–Kier alpha value is -4.28. The molecule has 10 nitrogen and oxygen atoms in total. The number of carbonyl (C=O) groups is 4. The number of fused-ring (bicyclic) bond motifs is 2. The topological polar surface area (TPSA) is 125 Å². The van der Waals surface area contributed by atoms with Gasteiger partial charge in [-0.3, -0.25) is 19.2 Å². The first-order valence-corrected chi connectivity index (χ1v) is 17.0. The van der Waals surface area contributed by atoms with Crippen molar-refractivity contribution in [2.24, 2.45) is 17.8 Å². The number of aliphatic hydroxyl groups excluding tert-OH is 1. The Balaban J connectivity index is 1.44. The van der Waals surface area contributed by atoms with Crippen molar-refractivity contribution in [1.82, 2.24) is 15.1 Å². The Labute approximate surface area is 281 Å². The quantitative estimate of drug-likeness (QED) is 0.344. The lowest BCUT2D eigenvalue weighted by molar-refractivity contribution is -0.162. The van der Waals surface area contributed by atoms with Crippen molar-refractivity contribution < 1.29 is 33.8 Å².